The van der Waals surface area contributed by atoms with Gasteiger partial charge in [0.05, 0.1) is 5.56 Å². The van der Waals surface area contributed by atoms with Crippen molar-refractivity contribution < 1.29 is 13.2 Å². The molecule has 1 aromatic rings. The molecule has 1 aromatic carbocycles. The molecule has 0 aliphatic carbocycles. The van der Waals surface area contributed by atoms with Crippen molar-refractivity contribution in [1.29, 1.82) is 0 Å². The maximum Gasteiger partial charge on any atom is 0.416 e. The second kappa shape index (κ2) is 5.87. The Kier molecular flexibility index (Phi) is 5.05. The Balaban J connectivity index is 2.92. The zero-order chi connectivity index (χ0) is 12.2. The minimum Gasteiger partial charge on any atom is -0.166 e. The van der Waals surface area contributed by atoms with Crippen molar-refractivity contribution in [3.63, 3.8) is 0 Å². The molecule has 0 bridgehead atoms. The highest BCUT2D eigenvalue weighted by Crippen LogP contribution is 2.32. The second-order valence-electron chi connectivity index (χ2n) is 3.11. The van der Waals surface area contributed by atoms with Crippen LogP contribution in [0.4, 0.5) is 13.2 Å². The van der Waals surface area contributed by atoms with Gasteiger partial charge in [0.2, 0.25) is 0 Å². The van der Waals surface area contributed by atoms with Crippen LogP contribution in [0.1, 0.15) is 17.5 Å². The van der Waals surface area contributed by atoms with E-state index < -0.39 is 11.7 Å². The lowest BCUT2D eigenvalue weighted by Gasteiger charge is -2.08. The molecule has 0 amide bonds. The molecule has 0 aromatic heterocycles. The maximum absolute atomic E-state index is 12.4. The average Bonchev–Trinajstić information content (AvgIpc) is 2.19. The zero-order valence-corrected chi connectivity index (χ0v) is 11.4. The van der Waals surface area contributed by atoms with E-state index in [1.807, 2.05) is 6.08 Å². The van der Waals surface area contributed by atoms with Gasteiger partial charge in [-0.3, -0.25) is 0 Å². The Bertz CT molecular complexity index is 383. The molecule has 0 fully saturated rings. The van der Waals surface area contributed by atoms with Crippen LogP contribution in [0.3, 0.4) is 0 Å². The first kappa shape index (κ1) is 13.8. The molecule has 0 heterocycles. The fraction of sp³-hybridized carbons (Fsp3) is 0.273. The molecule has 0 unspecified atom stereocenters. The third-order valence-electron chi connectivity index (χ3n) is 1.90. The maximum atomic E-state index is 12.4. The van der Waals surface area contributed by atoms with Crippen molar-refractivity contribution in [2.45, 2.75) is 12.6 Å². The summed E-state index contributed by atoms with van der Waals surface area (Å²) in [6.45, 7) is 0. The summed E-state index contributed by atoms with van der Waals surface area (Å²) in [4.78, 5) is 0. The number of rotatable bonds is 3. The third-order valence-corrected chi connectivity index (χ3v) is 3.05. The van der Waals surface area contributed by atoms with Gasteiger partial charge >= 0.3 is 6.18 Å². The lowest BCUT2D eigenvalue weighted by molar-refractivity contribution is -0.137. The van der Waals surface area contributed by atoms with Crippen LogP contribution >= 0.6 is 31.9 Å². The molecule has 0 saturated heterocycles. The zero-order valence-electron chi connectivity index (χ0n) is 8.19. The summed E-state index contributed by atoms with van der Waals surface area (Å²) in [6, 6.07) is 3.63. The van der Waals surface area contributed by atoms with Crippen molar-refractivity contribution in [1.82, 2.24) is 0 Å². The number of benzene rings is 1. The first-order valence-electron chi connectivity index (χ1n) is 4.54. The van der Waals surface area contributed by atoms with Crippen molar-refractivity contribution in [3.05, 3.63) is 39.9 Å². The quantitative estimate of drug-likeness (QED) is 0.647. The monoisotopic (exact) mass is 356 g/mol. The molecule has 16 heavy (non-hydrogen) atoms. The van der Waals surface area contributed by atoms with Gasteiger partial charge in [0.1, 0.15) is 0 Å². The molecule has 0 N–H and O–H groups in total. The Morgan fingerprint density at radius 2 is 1.94 bits per heavy atom. The van der Waals surface area contributed by atoms with Crippen molar-refractivity contribution in [2.24, 2.45) is 0 Å². The van der Waals surface area contributed by atoms with Crippen molar-refractivity contribution in [3.8, 4) is 0 Å². The van der Waals surface area contributed by atoms with E-state index in [0.717, 1.165) is 29.4 Å². The van der Waals surface area contributed by atoms with E-state index in [-0.39, 0.29) is 0 Å². The Hall–Kier alpha value is -0.290. The first-order chi connectivity index (χ1) is 7.45. The average molecular weight is 358 g/mol. The predicted octanol–water partition coefficient (Wildman–Crippen LogP) is 5.27. The largest absolute Gasteiger partial charge is 0.416 e. The van der Waals surface area contributed by atoms with Crippen molar-refractivity contribution >= 4 is 37.9 Å². The highest BCUT2D eigenvalue weighted by atomic mass is 79.9. The predicted molar refractivity (Wildman–Crippen MR) is 66.6 cm³/mol. The number of halogens is 5. The summed E-state index contributed by atoms with van der Waals surface area (Å²) >= 11 is 6.40. The number of allylic oxidation sites excluding steroid dienone is 1. The van der Waals surface area contributed by atoms with Gasteiger partial charge < -0.3 is 0 Å². The standard InChI is InChI=1S/C11H9Br2F3/c12-6-2-1-3-8-4-5-9(7-10(8)13)11(14,15)16/h1,3-5,7H,2,6H2. The fourth-order valence-corrected chi connectivity index (χ4v) is 1.89. The number of hydrogen-bond donors (Lipinski definition) is 0. The van der Waals surface area contributed by atoms with Gasteiger partial charge in [0.25, 0.3) is 0 Å². The molecule has 0 nitrogen and oxygen atoms in total. The minimum atomic E-state index is -4.29. The minimum absolute atomic E-state index is 0.452. The second-order valence-corrected chi connectivity index (χ2v) is 4.76. The SMILES string of the molecule is FC(F)(F)c1ccc(C=CCCBr)c(Br)c1. The smallest absolute Gasteiger partial charge is 0.166 e. The Labute approximate surface area is 109 Å². The van der Waals surface area contributed by atoms with E-state index >= 15 is 0 Å². The molecule has 5 heteroatoms. The summed E-state index contributed by atoms with van der Waals surface area (Å²) in [6.07, 6.45) is 0.252. The van der Waals surface area contributed by atoms with Crippen LogP contribution in [0.2, 0.25) is 0 Å². The summed E-state index contributed by atoms with van der Waals surface area (Å²) in [5, 5.41) is 0.835. The molecule has 1 rings (SSSR count). The Morgan fingerprint density at radius 1 is 1.25 bits per heavy atom. The summed E-state index contributed by atoms with van der Waals surface area (Å²) < 4.78 is 37.5. The topological polar surface area (TPSA) is 0 Å². The highest BCUT2D eigenvalue weighted by Gasteiger charge is 2.30. The van der Waals surface area contributed by atoms with Gasteiger partial charge in [-0.25, -0.2) is 0 Å². The van der Waals surface area contributed by atoms with Gasteiger partial charge in [-0.1, -0.05) is 50.1 Å². The Morgan fingerprint density at radius 3 is 2.44 bits per heavy atom. The van der Waals surface area contributed by atoms with Crippen LogP contribution in [-0.2, 0) is 6.18 Å². The molecule has 0 aliphatic heterocycles. The molecule has 0 radical (unpaired) electrons. The summed E-state index contributed by atoms with van der Waals surface area (Å²) in [5.41, 5.74) is 0.103. The molecule has 0 aliphatic rings. The normalized spacial score (nSPS) is 12.3. The molecule has 0 atom stereocenters. The highest BCUT2D eigenvalue weighted by molar-refractivity contribution is 9.10. The fourth-order valence-electron chi connectivity index (χ4n) is 1.11. The van der Waals surface area contributed by atoms with Crippen LogP contribution in [0.5, 0.6) is 0 Å². The summed E-state index contributed by atoms with van der Waals surface area (Å²) in [7, 11) is 0. The molecule has 88 valence electrons. The van der Waals surface area contributed by atoms with Crippen LogP contribution in [-0.4, -0.2) is 5.33 Å². The van der Waals surface area contributed by atoms with E-state index in [1.54, 1.807) is 6.08 Å². The van der Waals surface area contributed by atoms with Gasteiger partial charge in [-0.05, 0) is 24.1 Å². The lowest BCUT2D eigenvalue weighted by atomic mass is 10.1. The van der Waals surface area contributed by atoms with Crippen LogP contribution < -0.4 is 0 Å². The van der Waals surface area contributed by atoms with E-state index in [1.165, 1.54) is 6.07 Å². The van der Waals surface area contributed by atoms with E-state index in [0.29, 0.717) is 4.47 Å². The number of hydrogen-bond acceptors (Lipinski definition) is 0. The van der Waals surface area contributed by atoms with Crippen LogP contribution in [0.25, 0.3) is 6.08 Å². The van der Waals surface area contributed by atoms with Gasteiger partial charge in [-0.15, -0.1) is 0 Å². The van der Waals surface area contributed by atoms with E-state index in [4.69, 9.17) is 0 Å². The molecule has 0 spiro atoms. The molecule has 0 saturated carbocycles. The first-order valence-corrected chi connectivity index (χ1v) is 6.46. The van der Waals surface area contributed by atoms with Gasteiger partial charge in [-0.2, -0.15) is 13.2 Å². The van der Waals surface area contributed by atoms with Crippen molar-refractivity contribution in [2.75, 3.05) is 5.33 Å². The molecular formula is C11H9Br2F3. The van der Waals surface area contributed by atoms with Crippen LogP contribution in [0, 0.1) is 0 Å². The van der Waals surface area contributed by atoms with E-state index in [2.05, 4.69) is 31.9 Å². The lowest BCUT2D eigenvalue weighted by Crippen LogP contribution is -2.04. The van der Waals surface area contributed by atoms with Gasteiger partial charge in [0.15, 0.2) is 0 Å². The molecular weight excluding hydrogens is 349 g/mol. The van der Waals surface area contributed by atoms with Crippen LogP contribution in [0.15, 0.2) is 28.7 Å². The van der Waals surface area contributed by atoms with E-state index in [9.17, 15) is 13.2 Å². The van der Waals surface area contributed by atoms with Gasteiger partial charge in [0, 0.05) is 9.80 Å². The summed E-state index contributed by atoms with van der Waals surface area (Å²) in [5.74, 6) is 0. The number of alkyl halides is 4. The third kappa shape index (κ3) is 3.94.